The minimum Gasteiger partial charge on any atom is -0.391 e. The Morgan fingerprint density at radius 1 is 0.550 bits per heavy atom. The zero-order valence-corrected chi connectivity index (χ0v) is 41.6. The predicted molar refractivity (Wildman–Crippen MR) is 259 cm³/mol. The van der Waals surface area contributed by atoms with E-state index in [1.165, 1.54) is 193 Å². The van der Waals surface area contributed by atoms with Gasteiger partial charge in [-0.25, -0.2) is 4.57 Å². The van der Waals surface area contributed by atoms with Crippen LogP contribution in [0.1, 0.15) is 258 Å². The average molecular weight is 872 g/mol. The lowest BCUT2D eigenvalue weighted by Gasteiger charge is -2.26. The Kier molecular flexibility index (Phi) is 42.9. The molecule has 358 valence electrons. The van der Waals surface area contributed by atoms with Crippen LogP contribution in [0.15, 0.2) is 12.2 Å². The molecule has 9 heteroatoms. The van der Waals surface area contributed by atoms with E-state index in [0.29, 0.717) is 23.9 Å². The summed E-state index contributed by atoms with van der Waals surface area (Å²) in [6, 6.07) is -0.757. The maximum atomic E-state index is 12.9. The van der Waals surface area contributed by atoms with Crippen molar-refractivity contribution in [3.05, 3.63) is 12.2 Å². The van der Waals surface area contributed by atoms with E-state index in [2.05, 4.69) is 31.3 Å². The monoisotopic (exact) mass is 872 g/mol. The van der Waals surface area contributed by atoms with Crippen molar-refractivity contribution in [1.82, 2.24) is 5.32 Å². The van der Waals surface area contributed by atoms with Gasteiger partial charge in [0.05, 0.1) is 39.9 Å². The van der Waals surface area contributed by atoms with Gasteiger partial charge in [0.15, 0.2) is 0 Å². The highest BCUT2D eigenvalue weighted by molar-refractivity contribution is 7.47. The number of phosphoric ester groups is 1. The standard InChI is InChI=1S/C51H103N2O6P/c1-6-8-10-12-14-16-18-20-21-22-23-24-25-26-27-28-29-30-31-32-33-35-37-39-41-43-45-51(55)52-49(48-59-60(56,57)58-47-46-53(3,4)5)50(54)44-42-40-38-36-34-19-17-15-13-11-9-7-2/h26-27,49-50,54H,6-25,28-48H2,1-5H3,(H-,52,55,56,57)/p+1/b27-26-. The van der Waals surface area contributed by atoms with Gasteiger partial charge in [0.25, 0.3) is 0 Å². The summed E-state index contributed by atoms with van der Waals surface area (Å²) >= 11 is 0. The summed E-state index contributed by atoms with van der Waals surface area (Å²) in [5.74, 6) is -0.143. The number of hydrogen-bond acceptors (Lipinski definition) is 5. The first-order chi connectivity index (χ1) is 29.0. The highest BCUT2D eigenvalue weighted by Crippen LogP contribution is 2.43. The van der Waals surface area contributed by atoms with E-state index in [4.69, 9.17) is 9.05 Å². The zero-order chi connectivity index (χ0) is 44.3. The molecule has 0 heterocycles. The van der Waals surface area contributed by atoms with Crippen LogP contribution in [-0.2, 0) is 18.4 Å². The number of carbonyl (C=O) groups excluding carboxylic acids is 1. The summed E-state index contributed by atoms with van der Waals surface area (Å²) in [7, 11) is 1.62. The first-order valence-corrected chi connectivity index (χ1v) is 27.5. The summed E-state index contributed by atoms with van der Waals surface area (Å²) < 4.78 is 23.7. The van der Waals surface area contributed by atoms with Crippen molar-refractivity contribution < 1.29 is 32.9 Å². The number of aliphatic hydroxyl groups excluding tert-OH is 1. The van der Waals surface area contributed by atoms with Crippen LogP contribution in [0.2, 0.25) is 0 Å². The maximum absolute atomic E-state index is 12.9. The molecule has 0 aliphatic heterocycles. The molecule has 0 saturated carbocycles. The normalized spacial score (nSPS) is 14.2. The number of rotatable bonds is 48. The smallest absolute Gasteiger partial charge is 0.391 e. The van der Waals surface area contributed by atoms with E-state index < -0.39 is 20.0 Å². The molecule has 0 aliphatic rings. The number of quaternary nitrogens is 1. The number of unbranched alkanes of at least 4 members (excludes halogenated alkanes) is 33. The molecule has 8 nitrogen and oxygen atoms in total. The third-order valence-electron chi connectivity index (χ3n) is 12.0. The highest BCUT2D eigenvalue weighted by atomic mass is 31.2. The topological polar surface area (TPSA) is 105 Å². The Morgan fingerprint density at radius 2 is 0.900 bits per heavy atom. The molecule has 0 aromatic rings. The van der Waals surface area contributed by atoms with Crippen molar-refractivity contribution >= 4 is 13.7 Å². The Labute approximate surface area is 373 Å². The molecule has 3 N–H and O–H groups in total. The number of likely N-dealkylation sites (N-methyl/N-ethyl adjacent to an activating group) is 1. The number of carbonyl (C=O) groups is 1. The molecule has 0 saturated heterocycles. The van der Waals surface area contributed by atoms with E-state index in [1.54, 1.807) is 0 Å². The summed E-state index contributed by atoms with van der Waals surface area (Å²) in [5, 5.41) is 14.0. The zero-order valence-electron chi connectivity index (χ0n) is 40.7. The molecule has 0 aromatic heterocycles. The predicted octanol–water partition coefficient (Wildman–Crippen LogP) is 15.1. The minimum atomic E-state index is -4.31. The van der Waals surface area contributed by atoms with Crippen molar-refractivity contribution in [1.29, 1.82) is 0 Å². The van der Waals surface area contributed by atoms with Crippen LogP contribution in [0.3, 0.4) is 0 Å². The molecule has 3 unspecified atom stereocenters. The summed E-state index contributed by atoms with van der Waals surface area (Å²) in [6.45, 7) is 4.91. The van der Waals surface area contributed by atoms with Crippen LogP contribution >= 0.6 is 7.82 Å². The lowest BCUT2D eigenvalue weighted by molar-refractivity contribution is -0.870. The van der Waals surface area contributed by atoms with E-state index >= 15 is 0 Å². The SMILES string of the molecule is CCCCCCCCCCCCCC/C=C\CCCCCCCCCCCCC(=O)NC(COP(=O)(O)OCC[N+](C)(C)C)C(O)CCCCCCCCCCCCCC. The maximum Gasteiger partial charge on any atom is 0.472 e. The van der Waals surface area contributed by atoms with E-state index in [9.17, 15) is 19.4 Å². The van der Waals surface area contributed by atoms with Gasteiger partial charge in [0, 0.05) is 6.42 Å². The van der Waals surface area contributed by atoms with E-state index in [-0.39, 0.29) is 19.1 Å². The first kappa shape index (κ1) is 59.2. The first-order valence-electron chi connectivity index (χ1n) is 26.1. The van der Waals surface area contributed by atoms with Gasteiger partial charge < -0.3 is 19.8 Å². The molecule has 0 radical (unpaired) electrons. The summed E-state index contributed by atoms with van der Waals surface area (Å²) in [4.78, 5) is 23.2. The second-order valence-corrected chi connectivity index (χ2v) is 20.7. The van der Waals surface area contributed by atoms with Gasteiger partial charge in [-0.3, -0.25) is 13.8 Å². The molecule has 1 amide bonds. The van der Waals surface area contributed by atoms with Crippen molar-refractivity contribution in [2.24, 2.45) is 0 Å². The van der Waals surface area contributed by atoms with E-state index in [1.807, 2.05) is 21.1 Å². The molecule has 0 bridgehead atoms. The fraction of sp³-hybridized carbons (Fsp3) is 0.941. The van der Waals surface area contributed by atoms with Crippen LogP contribution in [0.4, 0.5) is 0 Å². The summed E-state index contributed by atoms with van der Waals surface area (Å²) in [5.41, 5.74) is 0. The van der Waals surface area contributed by atoms with Crippen LogP contribution in [-0.4, -0.2) is 73.4 Å². The largest absolute Gasteiger partial charge is 0.472 e. The molecular formula is C51H104N2O6P+. The number of allylic oxidation sites excluding steroid dienone is 2. The molecule has 0 rings (SSSR count). The molecule has 0 fully saturated rings. The third kappa shape index (κ3) is 45.3. The van der Waals surface area contributed by atoms with Crippen LogP contribution in [0.5, 0.6) is 0 Å². The lowest BCUT2D eigenvalue weighted by atomic mass is 10.0. The van der Waals surface area contributed by atoms with Gasteiger partial charge in [0.1, 0.15) is 13.2 Å². The highest BCUT2D eigenvalue weighted by Gasteiger charge is 2.28. The van der Waals surface area contributed by atoms with Crippen molar-refractivity contribution in [2.75, 3.05) is 40.9 Å². The van der Waals surface area contributed by atoms with Crippen LogP contribution in [0, 0.1) is 0 Å². The van der Waals surface area contributed by atoms with E-state index in [0.717, 1.165) is 38.5 Å². The average Bonchev–Trinajstić information content (AvgIpc) is 3.20. The number of aliphatic hydroxyl groups is 1. The number of phosphoric acid groups is 1. The molecular weight excluding hydrogens is 768 g/mol. The Morgan fingerprint density at radius 3 is 1.28 bits per heavy atom. The Bertz CT molecular complexity index is 989. The molecule has 0 aromatic carbocycles. The second-order valence-electron chi connectivity index (χ2n) is 19.3. The quantitative estimate of drug-likeness (QED) is 0.0243. The van der Waals surface area contributed by atoms with Crippen molar-refractivity contribution in [2.45, 2.75) is 270 Å². The second kappa shape index (κ2) is 43.5. The van der Waals surface area contributed by atoms with Gasteiger partial charge >= 0.3 is 7.82 Å². The number of nitrogens with zero attached hydrogens (tertiary/aromatic N) is 1. The molecule has 3 atom stereocenters. The molecule has 0 spiro atoms. The Balaban J connectivity index is 4.10. The third-order valence-corrected chi connectivity index (χ3v) is 13.0. The fourth-order valence-corrected chi connectivity index (χ4v) is 8.60. The molecule has 0 aliphatic carbocycles. The van der Waals surface area contributed by atoms with Crippen molar-refractivity contribution in [3.8, 4) is 0 Å². The minimum absolute atomic E-state index is 0.0765. The summed E-state index contributed by atoms with van der Waals surface area (Å²) in [6.07, 6.45) is 51.1. The van der Waals surface area contributed by atoms with Crippen molar-refractivity contribution in [3.63, 3.8) is 0 Å². The van der Waals surface area contributed by atoms with Gasteiger partial charge in [0.2, 0.25) is 5.91 Å². The number of hydrogen-bond donors (Lipinski definition) is 3. The number of nitrogens with one attached hydrogen (secondary N) is 1. The fourth-order valence-electron chi connectivity index (χ4n) is 7.87. The Hall–Kier alpha value is -0.760. The van der Waals surface area contributed by atoms with Crippen LogP contribution in [0.25, 0.3) is 0 Å². The van der Waals surface area contributed by atoms with Gasteiger partial charge in [-0.1, -0.05) is 225 Å². The van der Waals surface area contributed by atoms with Gasteiger partial charge in [-0.15, -0.1) is 0 Å². The van der Waals surface area contributed by atoms with Crippen LogP contribution < -0.4 is 5.32 Å². The van der Waals surface area contributed by atoms with Gasteiger partial charge in [-0.2, -0.15) is 0 Å². The number of amides is 1. The molecule has 60 heavy (non-hydrogen) atoms. The lowest BCUT2D eigenvalue weighted by Crippen LogP contribution is -2.46. The van der Waals surface area contributed by atoms with Gasteiger partial charge in [-0.05, 0) is 38.5 Å².